The van der Waals surface area contributed by atoms with Crippen molar-refractivity contribution in [1.29, 1.82) is 0 Å². The molecule has 1 aliphatic carbocycles. The molecular formula is C14H27N. The van der Waals surface area contributed by atoms with Gasteiger partial charge in [0.05, 0.1) is 0 Å². The SMILES string of the molecule is CC(C)(C)CC(C)(C)C1=CCC(N)CC1. The molecule has 15 heavy (non-hydrogen) atoms. The minimum Gasteiger partial charge on any atom is -0.327 e. The smallest absolute Gasteiger partial charge is 0.00765 e. The molecule has 1 unspecified atom stereocenters. The molecule has 0 aromatic rings. The van der Waals surface area contributed by atoms with Gasteiger partial charge in [-0.25, -0.2) is 0 Å². The molecule has 0 heterocycles. The first-order valence-corrected chi connectivity index (χ1v) is 6.16. The Morgan fingerprint density at radius 1 is 1.27 bits per heavy atom. The van der Waals surface area contributed by atoms with Crippen LogP contribution in [0.1, 0.15) is 60.3 Å². The first-order chi connectivity index (χ1) is 6.71. The molecule has 0 saturated heterocycles. The van der Waals surface area contributed by atoms with Gasteiger partial charge in [-0.15, -0.1) is 0 Å². The van der Waals surface area contributed by atoms with Gasteiger partial charge in [0.1, 0.15) is 0 Å². The van der Waals surface area contributed by atoms with Crippen LogP contribution in [0.3, 0.4) is 0 Å². The van der Waals surface area contributed by atoms with Crippen molar-refractivity contribution in [3.05, 3.63) is 11.6 Å². The molecule has 0 bridgehead atoms. The van der Waals surface area contributed by atoms with Gasteiger partial charge in [0.15, 0.2) is 0 Å². The van der Waals surface area contributed by atoms with Gasteiger partial charge < -0.3 is 5.73 Å². The lowest BCUT2D eigenvalue weighted by atomic mass is 9.69. The van der Waals surface area contributed by atoms with Crippen molar-refractivity contribution in [2.75, 3.05) is 0 Å². The average Bonchev–Trinajstić information content (AvgIpc) is 2.00. The van der Waals surface area contributed by atoms with Gasteiger partial charge in [0.2, 0.25) is 0 Å². The Kier molecular flexibility index (Phi) is 3.65. The monoisotopic (exact) mass is 209 g/mol. The maximum Gasteiger partial charge on any atom is 0.00765 e. The van der Waals surface area contributed by atoms with Crippen LogP contribution in [-0.4, -0.2) is 6.04 Å². The third kappa shape index (κ3) is 3.98. The third-order valence-electron chi connectivity index (χ3n) is 3.29. The highest BCUT2D eigenvalue weighted by molar-refractivity contribution is 5.16. The van der Waals surface area contributed by atoms with E-state index in [-0.39, 0.29) is 0 Å². The number of nitrogens with two attached hydrogens (primary N) is 1. The summed E-state index contributed by atoms with van der Waals surface area (Å²) in [6, 6.07) is 0.402. The molecule has 88 valence electrons. The van der Waals surface area contributed by atoms with E-state index in [4.69, 9.17) is 5.73 Å². The predicted octanol–water partition coefficient (Wildman–Crippen LogP) is 3.89. The standard InChI is InChI=1S/C14H27N/c1-13(2,3)10-14(4,5)11-6-8-12(15)9-7-11/h6,12H,7-10,15H2,1-5H3. The molecule has 2 N–H and O–H groups in total. The first-order valence-electron chi connectivity index (χ1n) is 6.16. The molecule has 0 spiro atoms. The summed E-state index contributed by atoms with van der Waals surface area (Å²) in [7, 11) is 0. The fourth-order valence-corrected chi connectivity index (χ4v) is 2.91. The van der Waals surface area contributed by atoms with Gasteiger partial charge in [-0.3, -0.25) is 0 Å². The van der Waals surface area contributed by atoms with Crippen molar-refractivity contribution < 1.29 is 0 Å². The minimum absolute atomic E-state index is 0.346. The number of rotatable bonds is 2. The van der Waals surface area contributed by atoms with Gasteiger partial charge in [0, 0.05) is 6.04 Å². The highest BCUT2D eigenvalue weighted by atomic mass is 14.6. The second-order valence-electron chi connectivity index (χ2n) is 6.89. The molecule has 1 nitrogen and oxygen atoms in total. The summed E-state index contributed by atoms with van der Waals surface area (Å²) < 4.78 is 0. The van der Waals surface area contributed by atoms with Crippen molar-refractivity contribution >= 4 is 0 Å². The first kappa shape index (κ1) is 12.8. The molecular weight excluding hydrogens is 182 g/mol. The van der Waals surface area contributed by atoms with Crippen LogP contribution in [0.25, 0.3) is 0 Å². The van der Waals surface area contributed by atoms with Crippen molar-refractivity contribution in [2.45, 2.75) is 66.3 Å². The van der Waals surface area contributed by atoms with Crippen LogP contribution < -0.4 is 5.73 Å². The second kappa shape index (κ2) is 4.29. The Balaban J connectivity index is 2.69. The van der Waals surface area contributed by atoms with E-state index in [0.29, 0.717) is 16.9 Å². The third-order valence-corrected chi connectivity index (χ3v) is 3.29. The molecule has 0 radical (unpaired) electrons. The fourth-order valence-electron chi connectivity index (χ4n) is 2.91. The summed E-state index contributed by atoms with van der Waals surface area (Å²) in [6.45, 7) is 11.7. The Bertz CT molecular complexity index is 243. The average molecular weight is 209 g/mol. The van der Waals surface area contributed by atoms with E-state index in [9.17, 15) is 0 Å². The van der Waals surface area contributed by atoms with Crippen LogP contribution in [0.5, 0.6) is 0 Å². The van der Waals surface area contributed by atoms with E-state index in [1.807, 2.05) is 0 Å². The zero-order valence-corrected chi connectivity index (χ0v) is 11.1. The van der Waals surface area contributed by atoms with Gasteiger partial charge in [-0.05, 0) is 36.5 Å². The quantitative estimate of drug-likeness (QED) is 0.686. The van der Waals surface area contributed by atoms with Gasteiger partial charge in [-0.2, -0.15) is 0 Å². The zero-order chi connectivity index (χ0) is 11.7. The molecule has 1 rings (SSSR count). The van der Waals surface area contributed by atoms with E-state index in [1.54, 1.807) is 5.57 Å². The maximum absolute atomic E-state index is 5.92. The Hall–Kier alpha value is -0.300. The van der Waals surface area contributed by atoms with E-state index in [0.717, 1.165) is 6.42 Å². The summed E-state index contributed by atoms with van der Waals surface area (Å²) in [6.07, 6.45) is 7.08. The predicted molar refractivity (Wildman–Crippen MR) is 67.8 cm³/mol. The van der Waals surface area contributed by atoms with E-state index < -0.39 is 0 Å². The largest absolute Gasteiger partial charge is 0.327 e. The topological polar surface area (TPSA) is 26.0 Å². The van der Waals surface area contributed by atoms with Crippen molar-refractivity contribution in [2.24, 2.45) is 16.6 Å². The van der Waals surface area contributed by atoms with Crippen LogP contribution in [0.4, 0.5) is 0 Å². The van der Waals surface area contributed by atoms with E-state index in [2.05, 4.69) is 40.7 Å². The highest BCUT2D eigenvalue weighted by Gasteiger charge is 2.30. The zero-order valence-electron chi connectivity index (χ0n) is 11.1. The lowest BCUT2D eigenvalue weighted by molar-refractivity contribution is 0.240. The van der Waals surface area contributed by atoms with Crippen LogP contribution in [0.2, 0.25) is 0 Å². The molecule has 0 aromatic heterocycles. The van der Waals surface area contributed by atoms with Crippen LogP contribution in [0.15, 0.2) is 11.6 Å². The molecule has 0 amide bonds. The lowest BCUT2D eigenvalue weighted by Crippen LogP contribution is -2.28. The maximum atomic E-state index is 5.92. The fraction of sp³-hybridized carbons (Fsp3) is 0.857. The van der Waals surface area contributed by atoms with Gasteiger partial charge in [-0.1, -0.05) is 46.3 Å². The second-order valence-corrected chi connectivity index (χ2v) is 6.89. The molecule has 1 aliphatic rings. The molecule has 0 fully saturated rings. The normalized spacial score (nSPS) is 23.9. The Labute approximate surface area is 95.1 Å². The molecule has 0 saturated carbocycles. The Morgan fingerprint density at radius 2 is 1.87 bits per heavy atom. The van der Waals surface area contributed by atoms with Crippen LogP contribution in [-0.2, 0) is 0 Å². The van der Waals surface area contributed by atoms with Gasteiger partial charge in [0.25, 0.3) is 0 Å². The van der Waals surface area contributed by atoms with Crippen LogP contribution in [0, 0.1) is 10.8 Å². The van der Waals surface area contributed by atoms with Gasteiger partial charge >= 0.3 is 0 Å². The molecule has 0 aromatic carbocycles. The van der Waals surface area contributed by atoms with E-state index >= 15 is 0 Å². The summed E-state index contributed by atoms with van der Waals surface area (Å²) >= 11 is 0. The Morgan fingerprint density at radius 3 is 2.27 bits per heavy atom. The minimum atomic E-state index is 0.346. The lowest BCUT2D eigenvalue weighted by Gasteiger charge is -2.37. The summed E-state index contributed by atoms with van der Waals surface area (Å²) in [5.74, 6) is 0. The summed E-state index contributed by atoms with van der Waals surface area (Å²) in [5.41, 5.74) is 8.30. The van der Waals surface area contributed by atoms with Crippen LogP contribution >= 0.6 is 0 Å². The number of hydrogen-bond donors (Lipinski definition) is 1. The molecule has 1 atom stereocenters. The van der Waals surface area contributed by atoms with Crippen molar-refractivity contribution in [3.63, 3.8) is 0 Å². The molecule has 0 aliphatic heterocycles. The van der Waals surface area contributed by atoms with E-state index in [1.165, 1.54) is 19.3 Å². The number of allylic oxidation sites excluding steroid dienone is 1. The number of hydrogen-bond acceptors (Lipinski definition) is 1. The highest BCUT2D eigenvalue weighted by Crippen LogP contribution is 2.42. The van der Waals surface area contributed by atoms with Crippen molar-refractivity contribution in [3.8, 4) is 0 Å². The summed E-state index contributed by atoms with van der Waals surface area (Å²) in [5, 5.41) is 0. The summed E-state index contributed by atoms with van der Waals surface area (Å²) in [4.78, 5) is 0. The molecule has 1 heteroatoms. The van der Waals surface area contributed by atoms with Crippen molar-refractivity contribution in [1.82, 2.24) is 0 Å².